The van der Waals surface area contributed by atoms with Crippen LogP contribution < -0.4 is 10.2 Å². The van der Waals surface area contributed by atoms with E-state index in [-0.39, 0.29) is 28.9 Å². The van der Waals surface area contributed by atoms with Crippen LogP contribution in [0.3, 0.4) is 0 Å². The first-order chi connectivity index (χ1) is 12.7. The smallest absolute Gasteiger partial charge is 0.333 e. The zero-order valence-electron chi connectivity index (χ0n) is 15.7. The molecule has 3 rings (SSSR count). The summed E-state index contributed by atoms with van der Waals surface area (Å²) < 4.78 is 17.0. The SMILES string of the molecule is CC=C(C)C(=O)O[C@@H]1Cc2c(cc3oc(CO)cc(=O)c3c2O)OC1(C)C. The van der Waals surface area contributed by atoms with Crippen LogP contribution in [0.5, 0.6) is 11.5 Å². The number of fused-ring (bicyclic) bond motifs is 2. The van der Waals surface area contributed by atoms with Crippen LogP contribution in [-0.4, -0.2) is 27.9 Å². The van der Waals surface area contributed by atoms with Gasteiger partial charge in [0.05, 0.1) is 0 Å². The van der Waals surface area contributed by atoms with E-state index in [9.17, 15) is 19.8 Å². The molecule has 0 aliphatic carbocycles. The lowest BCUT2D eigenvalue weighted by Crippen LogP contribution is -2.49. The Morgan fingerprint density at radius 2 is 2.11 bits per heavy atom. The molecule has 0 saturated carbocycles. The number of aliphatic hydroxyl groups is 1. The van der Waals surface area contributed by atoms with Crippen LogP contribution in [0.1, 0.15) is 39.0 Å². The van der Waals surface area contributed by atoms with Crippen LogP contribution in [0.2, 0.25) is 0 Å². The van der Waals surface area contributed by atoms with Crippen molar-refractivity contribution >= 4 is 16.9 Å². The van der Waals surface area contributed by atoms with Gasteiger partial charge in [0.2, 0.25) is 0 Å². The molecule has 7 nitrogen and oxygen atoms in total. The highest BCUT2D eigenvalue weighted by Crippen LogP contribution is 2.42. The number of carbonyl (C=O) groups excluding carboxylic acids is 1. The van der Waals surface area contributed by atoms with E-state index in [1.807, 2.05) is 0 Å². The van der Waals surface area contributed by atoms with Crippen LogP contribution in [0, 0.1) is 0 Å². The van der Waals surface area contributed by atoms with Gasteiger partial charge in [-0.05, 0) is 27.7 Å². The van der Waals surface area contributed by atoms with E-state index in [4.69, 9.17) is 13.9 Å². The molecular formula is C20H22O7. The van der Waals surface area contributed by atoms with Crippen molar-refractivity contribution in [3.8, 4) is 11.5 Å². The molecule has 0 unspecified atom stereocenters. The summed E-state index contributed by atoms with van der Waals surface area (Å²) in [6.07, 6.45) is 1.19. The summed E-state index contributed by atoms with van der Waals surface area (Å²) in [4.78, 5) is 24.5. The molecule has 0 bridgehead atoms. The van der Waals surface area contributed by atoms with Crippen molar-refractivity contribution in [2.45, 2.75) is 52.4 Å². The van der Waals surface area contributed by atoms with Crippen molar-refractivity contribution in [3.63, 3.8) is 0 Å². The van der Waals surface area contributed by atoms with E-state index in [1.165, 1.54) is 6.07 Å². The lowest BCUT2D eigenvalue weighted by atomic mass is 9.89. The molecule has 0 saturated heterocycles. The molecule has 144 valence electrons. The van der Waals surface area contributed by atoms with Crippen LogP contribution in [0.4, 0.5) is 0 Å². The van der Waals surface area contributed by atoms with E-state index in [1.54, 1.807) is 33.8 Å². The molecular weight excluding hydrogens is 352 g/mol. The number of hydrogen-bond donors (Lipinski definition) is 2. The van der Waals surface area contributed by atoms with E-state index >= 15 is 0 Å². The third kappa shape index (κ3) is 3.30. The van der Waals surface area contributed by atoms with Crippen molar-refractivity contribution in [3.05, 3.63) is 45.3 Å². The third-order valence-electron chi connectivity index (χ3n) is 4.81. The van der Waals surface area contributed by atoms with Crippen molar-refractivity contribution < 1.29 is 28.9 Å². The number of rotatable bonds is 3. The highest BCUT2D eigenvalue weighted by Gasteiger charge is 2.41. The first kappa shape index (κ1) is 19.0. The fraction of sp³-hybridized carbons (Fsp3) is 0.400. The summed E-state index contributed by atoms with van der Waals surface area (Å²) >= 11 is 0. The Balaban J connectivity index is 2.09. The Kier molecular flexibility index (Phi) is 4.73. The van der Waals surface area contributed by atoms with Crippen molar-refractivity contribution in [1.29, 1.82) is 0 Å². The molecule has 2 aromatic rings. The molecule has 1 atom stereocenters. The average molecular weight is 374 g/mol. The quantitative estimate of drug-likeness (QED) is 0.628. The van der Waals surface area contributed by atoms with Gasteiger partial charge in [0.25, 0.3) is 0 Å². The number of ether oxygens (including phenoxy) is 2. The zero-order chi connectivity index (χ0) is 19.9. The molecule has 0 radical (unpaired) electrons. The number of allylic oxidation sites excluding steroid dienone is 1. The second-order valence-corrected chi connectivity index (χ2v) is 7.09. The Morgan fingerprint density at radius 3 is 2.74 bits per heavy atom. The summed E-state index contributed by atoms with van der Waals surface area (Å²) in [5.74, 6) is -0.288. The summed E-state index contributed by atoms with van der Waals surface area (Å²) in [7, 11) is 0. The number of carbonyl (C=O) groups is 1. The molecule has 0 fully saturated rings. The van der Waals surface area contributed by atoms with Gasteiger partial charge in [0.1, 0.15) is 46.5 Å². The molecule has 0 amide bonds. The standard InChI is InChI=1S/C20H22O7/c1-5-10(2)19(24)26-16-7-12-14(27-20(16,3)4)8-15-17(18(12)23)13(22)6-11(9-21)25-15/h5-6,8,16,21,23H,7,9H2,1-4H3/t16-/m1/s1. The van der Waals surface area contributed by atoms with Gasteiger partial charge in [0, 0.05) is 29.7 Å². The first-order valence-corrected chi connectivity index (χ1v) is 8.63. The molecule has 1 aromatic carbocycles. The summed E-state index contributed by atoms with van der Waals surface area (Å²) in [5.41, 5.74) is -0.355. The Morgan fingerprint density at radius 1 is 1.41 bits per heavy atom. The highest BCUT2D eigenvalue weighted by molar-refractivity contribution is 5.88. The van der Waals surface area contributed by atoms with E-state index in [0.717, 1.165) is 6.07 Å². The largest absolute Gasteiger partial charge is 0.507 e. The zero-order valence-corrected chi connectivity index (χ0v) is 15.7. The van der Waals surface area contributed by atoms with Gasteiger partial charge >= 0.3 is 5.97 Å². The lowest BCUT2D eigenvalue weighted by molar-refractivity contribution is -0.156. The topological polar surface area (TPSA) is 106 Å². The second kappa shape index (κ2) is 6.74. The molecule has 27 heavy (non-hydrogen) atoms. The second-order valence-electron chi connectivity index (χ2n) is 7.09. The minimum Gasteiger partial charge on any atom is -0.507 e. The molecule has 7 heteroatoms. The minimum atomic E-state index is -0.855. The predicted molar refractivity (Wildman–Crippen MR) is 97.8 cm³/mol. The number of benzene rings is 1. The Bertz CT molecular complexity index is 998. The van der Waals surface area contributed by atoms with Gasteiger partial charge in [0.15, 0.2) is 5.43 Å². The number of phenolic OH excluding ortho intramolecular Hbond substituents is 1. The number of phenols is 1. The minimum absolute atomic E-state index is 0.00367. The average Bonchev–Trinajstić information content (AvgIpc) is 2.61. The molecule has 1 aliphatic heterocycles. The molecule has 1 aromatic heterocycles. The Labute approximate surface area is 155 Å². The number of esters is 1. The normalized spacial score (nSPS) is 18.7. The van der Waals surface area contributed by atoms with Crippen LogP contribution >= 0.6 is 0 Å². The number of aliphatic hydroxyl groups excluding tert-OH is 1. The van der Waals surface area contributed by atoms with E-state index in [2.05, 4.69) is 0 Å². The van der Waals surface area contributed by atoms with Gasteiger partial charge in [-0.25, -0.2) is 4.79 Å². The first-order valence-electron chi connectivity index (χ1n) is 8.63. The van der Waals surface area contributed by atoms with Crippen LogP contribution in [0.15, 0.2) is 33.0 Å². The maximum Gasteiger partial charge on any atom is 0.333 e. The molecule has 2 heterocycles. The predicted octanol–water partition coefficient (Wildman–Crippen LogP) is 2.58. The fourth-order valence-electron chi connectivity index (χ4n) is 3.04. The highest BCUT2D eigenvalue weighted by atomic mass is 16.6. The van der Waals surface area contributed by atoms with Crippen LogP contribution in [0.25, 0.3) is 11.0 Å². The lowest BCUT2D eigenvalue weighted by Gasteiger charge is -2.39. The fourth-order valence-corrected chi connectivity index (χ4v) is 3.04. The van der Waals surface area contributed by atoms with Gasteiger partial charge in [-0.1, -0.05) is 6.08 Å². The van der Waals surface area contributed by atoms with Crippen molar-refractivity contribution in [1.82, 2.24) is 0 Å². The van der Waals surface area contributed by atoms with Gasteiger partial charge in [-0.3, -0.25) is 4.79 Å². The molecule has 0 spiro atoms. The number of aromatic hydroxyl groups is 1. The molecule has 1 aliphatic rings. The van der Waals surface area contributed by atoms with Gasteiger partial charge in [-0.2, -0.15) is 0 Å². The number of hydrogen-bond acceptors (Lipinski definition) is 7. The van der Waals surface area contributed by atoms with Gasteiger partial charge < -0.3 is 24.1 Å². The van der Waals surface area contributed by atoms with Gasteiger partial charge in [-0.15, -0.1) is 0 Å². The monoisotopic (exact) mass is 374 g/mol. The maximum absolute atomic E-state index is 12.3. The van der Waals surface area contributed by atoms with Crippen molar-refractivity contribution in [2.24, 2.45) is 0 Å². The van der Waals surface area contributed by atoms with E-state index < -0.39 is 29.7 Å². The van der Waals surface area contributed by atoms with Crippen molar-refractivity contribution in [2.75, 3.05) is 0 Å². The Hall–Kier alpha value is -2.80. The van der Waals surface area contributed by atoms with E-state index in [0.29, 0.717) is 16.9 Å². The molecule has 2 N–H and O–H groups in total. The summed E-state index contributed by atoms with van der Waals surface area (Å²) in [5, 5.41) is 19.9. The third-order valence-corrected chi connectivity index (χ3v) is 4.81. The van der Waals surface area contributed by atoms with Crippen LogP contribution in [-0.2, 0) is 22.6 Å². The maximum atomic E-state index is 12.3. The summed E-state index contributed by atoms with van der Waals surface area (Å²) in [6, 6.07) is 2.65. The summed E-state index contributed by atoms with van der Waals surface area (Å²) in [6.45, 7) is 6.52.